The van der Waals surface area contributed by atoms with E-state index in [1.54, 1.807) is 0 Å². The first-order valence-electron chi connectivity index (χ1n) is 8.29. The molecule has 0 aromatic carbocycles. The molecular formula is C16H32N2O. The number of amides is 1. The Bertz CT molecular complexity index is 227. The standard InChI is InChI=1S/C16H32N2O/c1-3-5-7-9-11-18(12-10-8-6-4-2)16(19)15-13-17-14-15/h15,17H,3-14H2,1-2H3. The molecule has 1 rings (SSSR count). The Hall–Kier alpha value is -0.570. The van der Waals surface area contributed by atoms with Gasteiger partial charge in [0.25, 0.3) is 0 Å². The molecule has 0 radical (unpaired) electrons. The predicted molar refractivity (Wildman–Crippen MR) is 81.2 cm³/mol. The number of hydrogen-bond acceptors (Lipinski definition) is 2. The molecule has 0 aliphatic carbocycles. The van der Waals surface area contributed by atoms with Crippen molar-refractivity contribution in [3.05, 3.63) is 0 Å². The highest BCUT2D eigenvalue weighted by molar-refractivity contribution is 5.80. The van der Waals surface area contributed by atoms with Crippen molar-refractivity contribution in [2.45, 2.75) is 65.2 Å². The molecule has 0 saturated carbocycles. The summed E-state index contributed by atoms with van der Waals surface area (Å²) in [5.41, 5.74) is 0. The molecule has 0 atom stereocenters. The molecule has 0 aromatic heterocycles. The van der Waals surface area contributed by atoms with Gasteiger partial charge in [-0.3, -0.25) is 4.79 Å². The summed E-state index contributed by atoms with van der Waals surface area (Å²) in [5.74, 6) is 0.657. The van der Waals surface area contributed by atoms with Gasteiger partial charge in [0.05, 0.1) is 5.92 Å². The summed E-state index contributed by atoms with van der Waals surface area (Å²) in [6.45, 7) is 8.18. The van der Waals surface area contributed by atoms with Gasteiger partial charge in [-0.05, 0) is 12.8 Å². The van der Waals surface area contributed by atoms with Crippen LogP contribution >= 0.6 is 0 Å². The van der Waals surface area contributed by atoms with Crippen molar-refractivity contribution >= 4 is 5.91 Å². The largest absolute Gasteiger partial charge is 0.342 e. The maximum atomic E-state index is 12.3. The van der Waals surface area contributed by atoms with Crippen LogP contribution in [0.3, 0.4) is 0 Å². The van der Waals surface area contributed by atoms with Crippen molar-refractivity contribution in [3.8, 4) is 0 Å². The van der Waals surface area contributed by atoms with Gasteiger partial charge < -0.3 is 10.2 Å². The molecule has 1 heterocycles. The van der Waals surface area contributed by atoms with Gasteiger partial charge in [0.1, 0.15) is 0 Å². The summed E-state index contributed by atoms with van der Waals surface area (Å²) in [6.07, 6.45) is 9.98. The van der Waals surface area contributed by atoms with Gasteiger partial charge in [-0.2, -0.15) is 0 Å². The van der Waals surface area contributed by atoms with Crippen LogP contribution in [0.4, 0.5) is 0 Å². The molecule has 0 bridgehead atoms. The SMILES string of the molecule is CCCCCCN(CCCCCC)C(=O)C1CNC1. The molecule has 1 aliphatic heterocycles. The first-order valence-corrected chi connectivity index (χ1v) is 8.29. The van der Waals surface area contributed by atoms with Crippen LogP contribution in [0.1, 0.15) is 65.2 Å². The molecule has 0 spiro atoms. The van der Waals surface area contributed by atoms with E-state index in [4.69, 9.17) is 0 Å². The van der Waals surface area contributed by atoms with Gasteiger partial charge in [0.2, 0.25) is 5.91 Å². The Kier molecular flexibility index (Phi) is 8.89. The van der Waals surface area contributed by atoms with Crippen LogP contribution in [0, 0.1) is 5.92 Å². The molecule has 112 valence electrons. The second-order valence-electron chi connectivity index (χ2n) is 5.80. The van der Waals surface area contributed by atoms with E-state index in [0.717, 1.165) is 26.2 Å². The van der Waals surface area contributed by atoms with E-state index in [1.807, 2.05) is 0 Å². The Morgan fingerprint density at radius 3 is 1.84 bits per heavy atom. The molecule has 1 amide bonds. The molecular weight excluding hydrogens is 236 g/mol. The third-order valence-electron chi connectivity index (χ3n) is 4.01. The average Bonchev–Trinajstić information content (AvgIpc) is 2.34. The van der Waals surface area contributed by atoms with E-state index in [9.17, 15) is 4.79 Å². The lowest BCUT2D eigenvalue weighted by molar-refractivity contribution is -0.137. The first-order chi connectivity index (χ1) is 9.29. The summed E-state index contributed by atoms with van der Waals surface area (Å²) in [6, 6.07) is 0. The van der Waals surface area contributed by atoms with E-state index >= 15 is 0 Å². The number of hydrogen-bond donors (Lipinski definition) is 1. The van der Waals surface area contributed by atoms with E-state index in [-0.39, 0.29) is 5.92 Å². The molecule has 1 saturated heterocycles. The monoisotopic (exact) mass is 268 g/mol. The highest BCUT2D eigenvalue weighted by Gasteiger charge is 2.28. The lowest BCUT2D eigenvalue weighted by Gasteiger charge is -2.32. The van der Waals surface area contributed by atoms with Gasteiger partial charge in [-0.1, -0.05) is 52.4 Å². The minimum Gasteiger partial charge on any atom is -0.342 e. The van der Waals surface area contributed by atoms with Crippen molar-refractivity contribution in [1.29, 1.82) is 0 Å². The molecule has 3 heteroatoms. The smallest absolute Gasteiger partial charge is 0.228 e. The minimum atomic E-state index is 0.261. The lowest BCUT2D eigenvalue weighted by Crippen LogP contribution is -2.52. The number of carbonyl (C=O) groups excluding carboxylic acids is 1. The second-order valence-corrected chi connectivity index (χ2v) is 5.80. The third-order valence-corrected chi connectivity index (χ3v) is 4.01. The van der Waals surface area contributed by atoms with E-state index < -0.39 is 0 Å². The van der Waals surface area contributed by atoms with Crippen LogP contribution in [-0.2, 0) is 4.79 Å². The van der Waals surface area contributed by atoms with E-state index in [0.29, 0.717) is 5.91 Å². The van der Waals surface area contributed by atoms with Crippen molar-refractivity contribution in [2.24, 2.45) is 5.92 Å². The van der Waals surface area contributed by atoms with Gasteiger partial charge in [0.15, 0.2) is 0 Å². The number of nitrogens with one attached hydrogen (secondary N) is 1. The van der Waals surface area contributed by atoms with Crippen molar-refractivity contribution < 1.29 is 4.79 Å². The van der Waals surface area contributed by atoms with Crippen LogP contribution in [0.5, 0.6) is 0 Å². The number of unbranched alkanes of at least 4 members (excludes halogenated alkanes) is 6. The van der Waals surface area contributed by atoms with Crippen LogP contribution in [0.2, 0.25) is 0 Å². The van der Waals surface area contributed by atoms with Crippen molar-refractivity contribution in [1.82, 2.24) is 10.2 Å². The normalized spacial score (nSPS) is 15.3. The third kappa shape index (κ3) is 6.42. The highest BCUT2D eigenvalue weighted by Crippen LogP contribution is 2.12. The molecule has 19 heavy (non-hydrogen) atoms. The zero-order valence-corrected chi connectivity index (χ0v) is 12.9. The fourth-order valence-corrected chi connectivity index (χ4v) is 2.51. The quantitative estimate of drug-likeness (QED) is 0.584. The maximum absolute atomic E-state index is 12.3. The number of carbonyl (C=O) groups is 1. The van der Waals surface area contributed by atoms with Crippen molar-refractivity contribution in [3.63, 3.8) is 0 Å². The maximum Gasteiger partial charge on any atom is 0.228 e. The predicted octanol–water partition coefficient (Wildman–Crippen LogP) is 3.20. The van der Waals surface area contributed by atoms with E-state index in [2.05, 4.69) is 24.1 Å². The van der Waals surface area contributed by atoms with Crippen LogP contribution in [0.15, 0.2) is 0 Å². The number of nitrogens with zero attached hydrogens (tertiary/aromatic N) is 1. The summed E-state index contributed by atoms with van der Waals surface area (Å²) in [4.78, 5) is 14.5. The summed E-state index contributed by atoms with van der Waals surface area (Å²) < 4.78 is 0. The van der Waals surface area contributed by atoms with Gasteiger partial charge in [-0.15, -0.1) is 0 Å². The fourth-order valence-electron chi connectivity index (χ4n) is 2.51. The van der Waals surface area contributed by atoms with Gasteiger partial charge >= 0.3 is 0 Å². The summed E-state index contributed by atoms with van der Waals surface area (Å²) >= 11 is 0. The molecule has 1 N–H and O–H groups in total. The summed E-state index contributed by atoms with van der Waals surface area (Å²) in [5, 5.41) is 3.20. The Morgan fingerprint density at radius 1 is 0.947 bits per heavy atom. The zero-order valence-electron chi connectivity index (χ0n) is 12.9. The molecule has 1 fully saturated rings. The fraction of sp³-hybridized carbons (Fsp3) is 0.938. The highest BCUT2D eigenvalue weighted by atomic mass is 16.2. The Labute approximate surface area is 119 Å². The first kappa shape index (κ1) is 16.5. The molecule has 0 aromatic rings. The Morgan fingerprint density at radius 2 is 1.47 bits per heavy atom. The lowest BCUT2D eigenvalue weighted by atomic mass is 10.0. The van der Waals surface area contributed by atoms with Gasteiger partial charge in [-0.25, -0.2) is 0 Å². The average molecular weight is 268 g/mol. The van der Waals surface area contributed by atoms with Gasteiger partial charge in [0, 0.05) is 26.2 Å². The van der Waals surface area contributed by atoms with Crippen LogP contribution in [-0.4, -0.2) is 37.0 Å². The summed E-state index contributed by atoms with van der Waals surface area (Å²) in [7, 11) is 0. The Balaban J connectivity index is 2.26. The van der Waals surface area contributed by atoms with Crippen molar-refractivity contribution in [2.75, 3.05) is 26.2 Å². The second kappa shape index (κ2) is 10.2. The molecule has 3 nitrogen and oxygen atoms in total. The van der Waals surface area contributed by atoms with Crippen LogP contribution < -0.4 is 5.32 Å². The molecule has 1 aliphatic rings. The van der Waals surface area contributed by atoms with E-state index in [1.165, 1.54) is 51.4 Å². The molecule has 0 unspecified atom stereocenters. The minimum absolute atomic E-state index is 0.261. The topological polar surface area (TPSA) is 32.3 Å². The van der Waals surface area contributed by atoms with Crippen LogP contribution in [0.25, 0.3) is 0 Å². The zero-order chi connectivity index (χ0) is 13.9. The number of rotatable bonds is 11.